The molecule has 7 rings (SSSR count). The molecule has 4 atom stereocenters. The van der Waals surface area contributed by atoms with Gasteiger partial charge in [-0.05, 0) is 122 Å². The maximum absolute atomic E-state index is 14.0. The van der Waals surface area contributed by atoms with Crippen molar-refractivity contribution >= 4 is 86.6 Å². The number of methoxy groups -OCH3 is 2. The molecular weight excluding hydrogens is 1040 g/mol. The largest absolute Gasteiger partial charge is 0.497 e. The quantitative estimate of drug-likeness (QED) is 0.105. The van der Waals surface area contributed by atoms with E-state index in [9.17, 15) is 53.5 Å². The number of hydrogen-bond donors (Lipinski definition) is 2. The minimum Gasteiger partial charge on any atom is -0.497 e. The molecule has 2 aliphatic rings. The molecule has 5 aromatic carbocycles. The zero-order valence-corrected chi connectivity index (χ0v) is 42.8. The fraction of sp³-hybridized carbons (Fsp3) is 0.234. The lowest BCUT2D eigenvalue weighted by Gasteiger charge is -2.38. The molecule has 0 bridgehead atoms. The number of carbonyl (C=O) groups is 2. The predicted molar refractivity (Wildman–Crippen MR) is 268 cm³/mol. The highest BCUT2D eigenvalue weighted by Crippen LogP contribution is 2.36. The summed E-state index contributed by atoms with van der Waals surface area (Å²) in [6, 6.07) is 24.3. The highest BCUT2D eigenvalue weighted by molar-refractivity contribution is 7.93. The molecular formula is C47H48Cl2N4O14S4. The smallest absolute Gasteiger partial charge is 0.324 e. The minimum absolute atomic E-state index is 0.0126. The lowest BCUT2D eigenvalue weighted by molar-refractivity contribution is -0.142. The number of nitrogens with zero attached hydrogens (tertiary/aromatic N) is 4. The average molecular weight is 1090 g/mol. The molecule has 0 aliphatic carbocycles. The van der Waals surface area contributed by atoms with Crippen molar-refractivity contribution in [1.29, 1.82) is 0 Å². The van der Waals surface area contributed by atoms with Gasteiger partial charge in [0.1, 0.15) is 23.6 Å². The maximum Gasteiger partial charge on any atom is 0.324 e. The number of carboxylic acids is 2. The van der Waals surface area contributed by atoms with E-state index in [1.807, 2.05) is 0 Å². The molecule has 5 aromatic rings. The number of sulfonamides is 4. The first-order valence-electron chi connectivity index (χ1n) is 21.2. The van der Waals surface area contributed by atoms with Crippen LogP contribution >= 0.6 is 23.2 Å². The van der Waals surface area contributed by atoms with Crippen molar-refractivity contribution < 1.29 is 62.9 Å². The van der Waals surface area contributed by atoms with Crippen LogP contribution in [-0.4, -0.2) is 122 Å². The Morgan fingerprint density at radius 1 is 0.521 bits per heavy atom. The number of rotatable bonds is 15. The van der Waals surface area contributed by atoms with Gasteiger partial charge in [0.05, 0.1) is 58.6 Å². The van der Waals surface area contributed by atoms with Crippen LogP contribution < -0.4 is 18.1 Å². The Labute approximate surface area is 422 Å². The summed E-state index contributed by atoms with van der Waals surface area (Å²) in [7, 11) is -14.1. The van der Waals surface area contributed by atoms with E-state index in [2.05, 4.69) is 0 Å². The van der Waals surface area contributed by atoms with Crippen molar-refractivity contribution in [3.63, 3.8) is 0 Å². The van der Waals surface area contributed by atoms with E-state index in [4.69, 9.17) is 32.7 Å². The summed E-state index contributed by atoms with van der Waals surface area (Å²) in [4.78, 5) is 24.8. The molecule has 71 heavy (non-hydrogen) atoms. The highest BCUT2D eigenvalue weighted by atomic mass is 35.5. The molecule has 2 heterocycles. The predicted octanol–water partition coefficient (Wildman–Crippen LogP) is 6.60. The van der Waals surface area contributed by atoms with Gasteiger partial charge >= 0.3 is 11.9 Å². The van der Waals surface area contributed by atoms with Crippen molar-refractivity contribution in [3.8, 4) is 11.5 Å². The Hall–Kier alpha value is -5.98. The molecule has 0 amide bonds. The monoisotopic (exact) mass is 1090 g/mol. The Kier molecular flexibility index (Phi) is 17.3. The second-order valence-electron chi connectivity index (χ2n) is 15.7. The highest BCUT2D eigenvalue weighted by Gasteiger charge is 2.48. The molecule has 2 aliphatic heterocycles. The van der Waals surface area contributed by atoms with Crippen LogP contribution in [-0.2, 0) is 49.7 Å². The molecule has 0 radical (unpaired) electrons. The van der Waals surface area contributed by atoms with Crippen molar-refractivity contribution in [2.45, 2.75) is 51.7 Å². The van der Waals surface area contributed by atoms with Gasteiger partial charge in [-0.25, -0.2) is 33.7 Å². The summed E-state index contributed by atoms with van der Waals surface area (Å²) in [5.41, 5.74) is 0.321. The zero-order valence-electron chi connectivity index (χ0n) is 38.0. The molecule has 4 unspecified atom stereocenters. The van der Waals surface area contributed by atoms with E-state index in [0.717, 1.165) is 23.5 Å². The number of aliphatic carboxylic acids is 2. The molecule has 0 spiro atoms. The van der Waals surface area contributed by atoms with Gasteiger partial charge in [-0.15, -0.1) is 0 Å². The molecule has 0 fully saturated rings. The summed E-state index contributed by atoms with van der Waals surface area (Å²) in [5.74, 6) is -2.10. The first-order chi connectivity index (χ1) is 33.5. The van der Waals surface area contributed by atoms with E-state index >= 15 is 0 Å². The summed E-state index contributed by atoms with van der Waals surface area (Å²) in [5, 5.41) is 21.2. The Bertz CT molecular complexity index is 3200. The van der Waals surface area contributed by atoms with Gasteiger partial charge in [0.2, 0.25) is 30.1 Å². The van der Waals surface area contributed by atoms with Crippen LogP contribution in [0, 0.1) is 0 Å². The Balaban J connectivity index is 0.000000235. The van der Waals surface area contributed by atoms with Crippen LogP contribution in [0.4, 0.5) is 11.4 Å². The topological polar surface area (TPSA) is 243 Å². The second-order valence-corrected chi connectivity index (χ2v) is 24.1. The Morgan fingerprint density at radius 2 is 0.887 bits per heavy atom. The van der Waals surface area contributed by atoms with Crippen LogP contribution in [0.25, 0.3) is 0 Å². The van der Waals surface area contributed by atoms with Crippen LogP contribution in [0.5, 0.6) is 11.5 Å². The fourth-order valence-corrected chi connectivity index (χ4v) is 14.3. The third kappa shape index (κ3) is 12.2. The van der Waals surface area contributed by atoms with E-state index < -0.39 is 76.2 Å². The van der Waals surface area contributed by atoms with Gasteiger partial charge < -0.3 is 19.7 Å². The van der Waals surface area contributed by atoms with Gasteiger partial charge in [-0.2, -0.15) is 8.61 Å². The van der Waals surface area contributed by atoms with Crippen molar-refractivity contribution in [1.82, 2.24) is 8.61 Å². The van der Waals surface area contributed by atoms with E-state index in [1.54, 1.807) is 30.4 Å². The summed E-state index contributed by atoms with van der Waals surface area (Å²) >= 11 is 12.0. The van der Waals surface area contributed by atoms with Crippen LogP contribution in [0.15, 0.2) is 166 Å². The van der Waals surface area contributed by atoms with E-state index in [-0.39, 0.29) is 52.0 Å². The van der Waals surface area contributed by atoms with E-state index in [1.165, 1.54) is 136 Å². The van der Waals surface area contributed by atoms with E-state index in [0.29, 0.717) is 21.5 Å². The molecule has 18 nitrogen and oxygen atoms in total. The average Bonchev–Trinajstić information content (AvgIpc) is 3.71. The third-order valence-corrected chi connectivity index (χ3v) is 18.6. The van der Waals surface area contributed by atoms with Gasteiger partial charge in [-0.3, -0.25) is 18.2 Å². The number of benzene rings is 5. The molecule has 0 aromatic heterocycles. The minimum atomic E-state index is -4.37. The number of anilines is 2. The zero-order chi connectivity index (χ0) is 51.9. The number of hydrogen-bond acceptors (Lipinski definition) is 12. The first-order valence-corrected chi connectivity index (χ1v) is 28.1. The van der Waals surface area contributed by atoms with Crippen molar-refractivity contribution in [2.75, 3.05) is 42.2 Å². The molecule has 378 valence electrons. The Morgan fingerprint density at radius 3 is 1.24 bits per heavy atom. The fourth-order valence-electron chi connectivity index (χ4n) is 8.00. The first kappa shape index (κ1) is 54.4. The molecule has 0 saturated heterocycles. The van der Waals surface area contributed by atoms with Gasteiger partial charge in [-0.1, -0.05) is 65.7 Å². The summed E-state index contributed by atoms with van der Waals surface area (Å²) in [6.45, 7) is -0.498. The summed E-state index contributed by atoms with van der Waals surface area (Å²) in [6.07, 6.45) is 7.08. The van der Waals surface area contributed by atoms with Crippen LogP contribution in [0.1, 0.15) is 12.8 Å². The molecule has 24 heteroatoms. The van der Waals surface area contributed by atoms with Gasteiger partial charge in [0, 0.05) is 23.1 Å². The van der Waals surface area contributed by atoms with Gasteiger partial charge in [0.15, 0.2) is 0 Å². The standard InChI is InChI=1S/C26H25ClN2O7S2.C21H23ClN2O7S2/c1-36-21-14-16-23(17-15-21)37(32,33)28-18-6-5-9-24(25(28)26(30)31)29(20-12-10-19(27)11-13-20)38(34,35)22-7-3-2-4-8-22;1-31-17-10-12-18(13-11-17)33(29,30)23-14-4-3-5-19(20(23)21(25)26)24(32(2,27)28)16-8-6-15(22)7-9-16/h2-8,10-17,24-25H,9,18H2,1H3,(H,30,31);3-4,6-13,19-20H,5,14H2,1-2H3,(H,25,26). The SMILES string of the molecule is COc1ccc(S(=O)(=O)N2CC=CCC(N(c3ccc(Cl)cc3)S(=O)(=O)c3ccccc3)C2C(=O)O)cc1.COc1ccc(S(=O)(=O)N2CC=CCC(N(c3ccc(Cl)cc3)S(C)(=O)=O)C2C(=O)O)cc1. The normalized spacial score (nSPS) is 19.0. The van der Waals surface area contributed by atoms with Crippen LogP contribution in [0.2, 0.25) is 10.0 Å². The lowest BCUT2D eigenvalue weighted by atomic mass is 10.0. The van der Waals surface area contributed by atoms with Crippen molar-refractivity contribution in [3.05, 3.63) is 162 Å². The number of halogens is 2. The molecule has 2 N–H and O–H groups in total. The lowest BCUT2D eigenvalue weighted by Crippen LogP contribution is -2.58. The number of ether oxygens (including phenoxy) is 2. The van der Waals surface area contributed by atoms with Gasteiger partial charge in [0.25, 0.3) is 10.0 Å². The second kappa shape index (κ2) is 22.6. The molecule has 0 saturated carbocycles. The van der Waals surface area contributed by atoms with Crippen molar-refractivity contribution in [2.24, 2.45) is 0 Å². The number of carboxylic acid groups (broad SMARTS) is 2. The summed E-state index contributed by atoms with van der Waals surface area (Å²) < 4.78 is 122. The maximum atomic E-state index is 14.0. The third-order valence-electron chi connectivity index (χ3n) is 11.3. The van der Waals surface area contributed by atoms with Crippen LogP contribution in [0.3, 0.4) is 0 Å².